The third-order valence-electron chi connectivity index (χ3n) is 4.63. The van der Waals surface area contributed by atoms with Gasteiger partial charge in [-0.15, -0.1) is 6.42 Å². The molecule has 0 aliphatic heterocycles. The maximum atomic E-state index is 11.6. The Morgan fingerprint density at radius 3 is 2.14 bits per heavy atom. The fourth-order valence-corrected chi connectivity index (χ4v) is 3.00. The standard InChI is InChI=1S/C24H21NO3/c1-3-24(17-26,25-22-15-11-20(12-16-22)23(27)28-2)21-13-9-19(10-14-21)18-7-5-4-6-8-18/h1,4-16,25-26H,17H2,2H3/t24-/m0/s1. The van der Waals surface area contributed by atoms with Crippen molar-refractivity contribution in [1.82, 2.24) is 0 Å². The molecular weight excluding hydrogens is 350 g/mol. The number of rotatable bonds is 6. The monoisotopic (exact) mass is 371 g/mol. The number of terminal acetylenes is 1. The zero-order chi connectivity index (χ0) is 20.0. The molecule has 0 heterocycles. The summed E-state index contributed by atoms with van der Waals surface area (Å²) in [6, 6.07) is 24.6. The summed E-state index contributed by atoms with van der Waals surface area (Å²) in [5.41, 5.74) is 2.99. The molecule has 4 nitrogen and oxygen atoms in total. The molecule has 0 saturated carbocycles. The van der Waals surface area contributed by atoms with Crippen LogP contribution in [0.15, 0.2) is 78.9 Å². The van der Waals surface area contributed by atoms with Crippen molar-refractivity contribution in [3.05, 3.63) is 90.0 Å². The summed E-state index contributed by atoms with van der Waals surface area (Å²) in [6.45, 7) is -0.285. The van der Waals surface area contributed by atoms with Gasteiger partial charge in [0.1, 0.15) is 5.54 Å². The number of aliphatic hydroxyl groups is 1. The smallest absolute Gasteiger partial charge is 0.337 e. The molecule has 0 fully saturated rings. The van der Waals surface area contributed by atoms with Gasteiger partial charge in [-0.2, -0.15) is 0 Å². The number of hydrogen-bond acceptors (Lipinski definition) is 4. The molecule has 3 aromatic carbocycles. The van der Waals surface area contributed by atoms with E-state index >= 15 is 0 Å². The highest BCUT2D eigenvalue weighted by Crippen LogP contribution is 2.28. The number of carbonyl (C=O) groups excluding carboxylic acids is 1. The molecule has 0 bridgehead atoms. The Morgan fingerprint density at radius 2 is 1.61 bits per heavy atom. The molecule has 0 amide bonds. The van der Waals surface area contributed by atoms with Crippen LogP contribution < -0.4 is 5.32 Å². The number of benzene rings is 3. The molecule has 0 spiro atoms. The Labute approximate surface area is 164 Å². The number of hydrogen-bond donors (Lipinski definition) is 2. The zero-order valence-electron chi connectivity index (χ0n) is 15.6. The van der Waals surface area contributed by atoms with Crippen LogP contribution in [0.2, 0.25) is 0 Å². The van der Waals surface area contributed by atoms with Crippen molar-refractivity contribution in [3.63, 3.8) is 0 Å². The highest BCUT2D eigenvalue weighted by molar-refractivity contribution is 5.89. The van der Waals surface area contributed by atoms with Gasteiger partial charge in [-0.25, -0.2) is 4.79 Å². The molecule has 1 atom stereocenters. The summed E-state index contributed by atoms with van der Waals surface area (Å²) in [4.78, 5) is 11.6. The van der Waals surface area contributed by atoms with Gasteiger partial charge in [0.15, 0.2) is 0 Å². The lowest BCUT2D eigenvalue weighted by Gasteiger charge is -2.29. The number of aliphatic hydroxyl groups excluding tert-OH is 1. The second-order valence-corrected chi connectivity index (χ2v) is 6.35. The van der Waals surface area contributed by atoms with Crippen molar-refractivity contribution < 1.29 is 14.6 Å². The molecule has 4 heteroatoms. The van der Waals surface area contributed by atoms with Crippen LogP contribution >= 0.6 is 0 Å². The van der Waals surface area contributed by atoms with E-state index in [1.165, 1.54) is 7.11 Å². The van der Waals surface area contributed by atoms with Crippen molar-refractivity contribution in [1.29, 1.82) is 0 Å². The van der Waals surface area contributed by atoms with Gasteiger partial charge in [0.05, 0.1) is 19.3 Å². The summed E-state index contributed by atoms with van der Waals surface area (Å²) in [5.74, 6) is 2.28. The van der Waals surface area contributed by atoms with Crippen LogP contribution in [0.5, 0.6) is 0 Å². The number of anilines is 1. The molecule has 0 unspecified atom stereocenters. The predicted octanol–water partition coefficient (Wildman–Crippen LogP) is 4.07. The molecule has 28 heavy (non-hydrogen) atoms. The van der Waals surface area contributed by atoms with Crippen molar-refractivity contribution >= 4 is 11.7 Å². The SMILES string of the molecule is C#C[C@@](CO)(Nc1ccc(C(=O)OC)cc1)c1ccc(-c2ccccc2)cc1. The lowest BCUT2D eigenvalue weighted by Crippen LogP contribution is -2.37. The van der Waals surface area contributed by atoms with Gasteiger partial charge in [-0.1, -0.05) is 60.5 Å². The number of carbonyl (C=O) groups is 1. The first kappa shape index (κ1) is 19.2. The third-order valence-corrected chi connectivity index (χ3v) is 4.63. The Hall–Kier alpha value is -3.55. The Kier molecular flexibility index (Phi) is 5.78. The van der Waals surface area contributed by atoms with Gasteiger partial charge in [0.2, 0.25) is 0 Å². The van der Waals surface area contributed by atoms with E-state index in [1.54, 1.807) is 24.3 Å². The van der Waals surface area contributed by atoms with Gasteiger partial charge < -0.3 is 15.2 Å². The van der Waals surface area contributed by atoms with E-state index in [9.17, 15) is 9.90 Å². The lowest BCUT2D eigenvalue weighted by molar-refractivity contribution is 0.0601. The van der Waals surface area contributed by atoms with E-state index in [-0.39, 0.29) is 6.61 Å². The predicted molar refractivity (Wildman–Crippen MR) is 111 cm³/mol. The van der Waals surface area contributed by atoms with Crippen LogP contribution in [0.1, 0.15) is 15.9 Å². The second kappa shape index (κ2) is 8.43. The number of ether oxygens (including phenoxy) is 1. The molecule has 0 saturated heterocycles. The van der Waals surface area contributed by atoms with E-state index < -0.39 is 11.5 Å². The van der Waals surface area contributed by atoms with Crippen molar-refractivity contribution in [3.8, 4) is 23.5 Å². The lowest BCUT2D eigenvalue weighted by atomic mass is 9.89. The minimum absolute atomic E-state index is 0.285. The first-order valence-corrected chi connectivity index (χ1v) is 8.83. The quantitative estimate of drug-likeness (QED) is 0.506. The van der Waals surface area contributed by atoms with Crippen LogP contribution in [0, 0.1) is 12.3 Å². The Morgan fingerprint density at radius 1 is 1.00 bits per heavy atom. The van der Waals surface area contributed by atoms with Crippen molar-refractivity contribution in [2.45, 2.75) is 5.54 Å². The van der Waals surface area contributed by atoms with E-state index in [2.05, 4.69) is 11.2 Å². The van der Waals surface area contributed by atoms with Crippen LogP contribution in [0.25, 0.3) is 11.1 Å². The van der Waals surface area contributed by atoms with E-state index in [4.69, 9.17) is 11.2 Å². The van der Waals surface area contributed by atoms with Crippen molar-refractivity contribution in [2.24, 2.45) is 0 Å². The average Bonchev–Trinajstić information content (AvgIpc) is 2.78. The van der Waals surface area contributed by atoms with Crippen molar-refractivity contribution in [2.75, 3.05) is 19.0 Å². The summed E-state index contributed by atoms with van der Waals surface area (Å²) >= 11 is 0. The third kappa shape index (κ3) is 3.90. The summed E-state index contributed by atoms with van der Waals surface area (Å²) < 4.78 is 4.70. The van der Waals surface area contributed by atoms with Gasteiger partial charge in [0, 0.05) is 5.69 Å². The fraction of sp³-hybridized carbons (Fsp3) is 0.125. The Bertz CT molecular complexity index is 973. The molecule has 0 aliphatic carbocycles. The van der Waals surface area contributed by atoms with E-state index in [1.807, 2.05) is 54.6 Å². The summed E-state index contributed by atoms with van der Waals surface area (Å²) in [7, 11) is 1.34. The molecule has 3 aromatic rings. The van der Waals surface area contributed by atoms with Gasteiger partial charge >= 0.3 is 5.97 Å². The molecule has 2 N–H and O–H groups in total. The van der Waals surface area contributed by atoms with Crippen LogP contribution in [-0.2, 0) is 10.3 Å². The highest BCUT2D eigenvalue weighted by atomic mass is 16.5. The van der Waals surface area contributed by atoms with Crippen LogP contribution in [0.3, 0.4) is 0 Å². The largest absolute Gasteiger partial charge is 0.465 e. The molecule has 0 aliphatic rings. The Balaban J connectivity index is 1.87. The molecule has 3 rings (SSSR count). The normalized spacial score (nSPS) is 12.5. The summed E-state index contributed by atoms with van der Waals surface area (Å²) in [5, 5.41) is 13.3. The molecule has 0 radical (unpaired) electrons. The number of methoxy groups -OCH3 is 1. The second-order valence-electron chi connectivity index (χ2n) is 6.35. The van der Waals surface area contributed by atoms with Gasteiger partial charge in [-0.05, 0) is 41.0 Å². The minimum Gasteiger partial charge on any atom is -0.465 e. The van der Waals surface area contributed by atoms with Crippen LogP contribution in [0.4, 0.5) is 5.69 Å². The highest BCUT2D eigenvalue weighted by Gasteiger charge is 2.29. The zero-order valence-corrected chi connectivity index (χ0v) is 15.6. The molecule has 140 valence electrons. The number of esters is 1. The topological polar surface area (TPSA) is 58.6 Å². The summed E-state index contributed by atoms with van der Waals surface area (Å²) in [6.07, 6.45) is 5.80. The maximum absolute atomic E-state index is 11.6. The first-order valence-electron chi connectivity index (χ1n) is 8.83. The van der Waals surface area contributed by atoms with Gasteiger partial charge in [0.25, 0.3) is 0 Å². The minimum atomic E-state index is -1.08. The van der Waals surface area contributed by atoms with E-state index in [0.29, 0.717) is 11.3 Å². The van der Waals surface area contributed by atoms with E-state index in [0.717, 1.165) is 16.7 Å². The van der Waals surface area contributed by atoms with Gasteiger partial charge in [-0.3, -0.25) is 0 Å². The molecule has 0 aromatic heterocycles. The molecular formula is C24H21NO3. The average molecular weight is 371 g/mol. The maximum Gasteiger partial charge on any atom is 0.337 e. The fourth-order valence-electron chi connectivity index (χ4n) is 3.00. The van der Waals surface area contributed by atoms with Crippen LogP contribution in [-0.4, -0.2) is 24.8 Å². The first-order chi connectivity index (χ1) is 13.6. The number of nitrogens with one attached hydrogen (secondary N) is 1.